The van der Waals surface area contributed by atoms with Gasteiger partial charge in [-0.05, 0) is 55.7 Å². The molecule has 3 aromatic rings. The standard InChI is InChI=1S/C24H23ClF3N3O4/c1-2-35-21(33)15-30-22(17-10-12-18(25)13-11-17)29-31(23(30)34)14-19(32)8-5-7-16-6-3-4-9-20(16)24(26,27)28/h3-4,6,9-13H,2,5,7-8,14-15H2,1H3. The van der Waals surface area contributed by atoms with Crippen LogP contribution in [0.2, 0.25) is 5.02 Å². The number of hydrogen-bond acceptors (Lipinski definition) is 5. The van der Waals surface area contributed by atoms with Crippen LogP contribution in [-0.2, 0) is 40.0 Å². The van der Waals surface area contributed by atoms with E-state index in [9.17, 15) is 27.6 Å². The summed E-state index contributed by atoms with van der Waals surface area (Å²) in [5.74, 6) is -0.856. The fourth-order valence-electron chi connectivity index (χ4n) is 3.57. The monoisotopic (exact) mass is 509 g/mol. The first-order valence-corrected chi connectivity index (χ1v) is 11.2. The highest BCUT2D eigenvalue weighted by Gasteiger charge is 2.32. The van der Waals surface area contributed by atoms with Crippen molar-refractivity contribution in [3.8, 4) is 11.4 Å². The number of ether oxygens (including phenoxy) is 1. The summed E-state index contributed by atoms with van der Waals surface area (Å²) in [5.41, 5.74) is -0.799. The van der Waals surface area contributed by atoms with Crippen molar-refractivity contribution in [2.75, 3.05) is 6.61 Å². The number of esters is 1. The maximum Gasteiger partial charge on any atom is 0.416 e. The summed E-state index contributed by atoms with van der Waals surface area (Å²) in [5, 5.41) is 4.69. The van der Waals surface area contributed by atoms with Crippen molar-refractivity contribution in [1.29, 1.82) is 0 Å². The molecule has 0 bridgehead atoms. The molecule has 0 saturated heterocycles. The number of nitrogens with zero attached hydrogens (tertiary/aromatic N) is 3. The van der Waals surface area contributed by atoms with Crippen LogP contribution in [0.25, 0.3) is 11.4 Å². The topological polar surface area (TPSA) is 83.2 Å². The lowest BCUT2D eigenvalue weighted by Crippen LogP contribution is -2.30. The van der Waals surface area contributed by atoms with Crippen LogP contribution in [0.15, 0.2) is 53.3 Å². The van der Waals surface area contributed by atoms with Gasteiger partial charge in [0, 0.05) is 17.0 Å². The second-order valence-corrected chi connectivity index (χ2v) is 8.15. The molecule has 0 saturated carbocycles. The Morgan fingerprint density at radius 3 is 2.40 bits per heavy atom. The molecule has 0 atom stereocenters. The van der Waals surface area contributed by atoms with Gasteiger partial charge in [-0.15, -0.1) is 5.10 Å². The molecule has 1 heterocycles. The first-order chi connectivity index (χ1) is 16.6. The van der Waals surface area contributed by atoms with Crippen molar-refractivity contribution in [3.05, 3.63) is 75.2 Å². The molecule has 0 amide bonds. The zero-order chi connectivity index (χ0) is 25.6. The van der Waals surface area contributed by atoms with Gasteiger partial charge in [0.15, 0.2) is 11.6 Å². The zero-order valence-electron chi connectivity index (χ0n) is 18.8. The lowest BCUT2D eigenvalue weighted by molar-refractivity contribution is -0.144. The van der Waals surface area contributed by atoms with Crippen molar-refractivity contribution < 1.29 is 27.5 Å². The number of alkyl halides is 3. The fraction of sp³-hybridized carbons (Fsp3) is 0.333. The average Bonchev–Trinajstić information content (AvgIpc) is 3.09. The molecule has 2 aromatic carbocycles. The maximum absolute atomic E-state index is 13.2. The van der Waals surface area contributed by atoms with E-state index in [1.165, 1.54) is 18.2 Å². The molecule has 35 heavy (non-hydrogen) atoms. The van der Waals surface area contributed by atoms with Crippen LogP contribution in [0, 0.1) is 0 Å². The molecule has 0 aliphatic rings. The molecule has 7 nitrogen and oxygen atoms in total. The lowest BCUT2D eigenvalue weighted by atomic mass is 10.0. The van der Waals surface area contributed by atoms with E-state index in [0.29, 0.717) is 10.6 Å². The highest BCUT2D eigenvalue weighted by atomic mass is 35.5. The Bertz CT molecular complexity index is 1250. The summed E-state index contributed by atoms with van der Waals surface area (Å²) in [6.45, 7) is 0.993. The summed E-state index contributed by atoms with van der Waals surface area (Å²) in [6.07, 6.45) is -4.28. The van der Waals surface area contributed by atoms with E-state index in [1.807, 2.05) is 0 Å². The molecule has 0 aliphatic heterocycles. The number of halogens is 4. The van der Waals surface area contributed by atoms with Gasteiger partial charge in [-0.2, -0.15) is 13.2 Å². The summed E-state index contributed by atoms with van der Waals surface area (Å²) < 4.78 is 46.4. The highest BCUT2D eigenvalue weighted by Crippen LogP contribution is 2.32. The third kappa shape index (κ3) is 6.82. The Balaban J connectivity index is 1.75. The van der Waals surface area contributed by atoms with E-state index < -0.39 is 29.9 Å². The number of aromatic nitrogens is 3. The van der Waals surface area contributed by atoms with Crippen molar-refractivity contribution in [3.63, 3.8) is 0 Å². The minimum Gasteiger partial charge on any atom is -0.465 e. The lowest BCUT2D eigenvalue weighted by Gasteiger charge is -2.12. The Kier molecular flexibility index (Phi) is 8.50. The number of carbonyl (C=O) groups excluding carboxylic acids is 2. The van der Waals surface area contributed by atoms with Crippen LogP contribution in [0.1, 0.15) is 30.9 Å². The molecular formula is C24H23ClF3N3O4. The van der Waals surface area contributed by atoms with Crippen molar-refractivity contribution >= 4 is 23.4 Å². The molecule has 0 fully saturated rings. The van der Waals surface area contributed by atoms with Gasteiger partial charge >= 0.3 is 17.8 Å². The number of ketones is 1. The third-order valence-corrected chi connectivity index (χ3v) is 5.42. The predicted molar refractivity (Wildman–Crippen MR) is 123 cm³/mol. The van der Waals surface area contributed by atoms with Gasteiger partial charge in [0.05, 0.1) is 12.2 Å². The largest absolute Gasteiger partial charge is 0.465 e. The molecule has 3 rings (SSSR count). The quantitative estimate of drug-likeness (QED) is 0.375. The maximum atomic E-state index is 13.2. The van der Waals surface area contributed by atoms with E-state index in [2.05, 4.69) is 5.10 Å². The molecule has 0 aliphatic carbocycles. The van der Waals surface area contributed by atoms with Crippen molar-refractivity contribution in [1.82, 2.24) is 14.3 Å². The Hall–Kier alpha value is -3.40. The Morgan fingerprint density at radius 2 is 1.74 bits per heavy atom. The van der Waals surface area contributed by atoms with Crippen molar-refractivity contribution in [2.24, 2.45) is 0 Å². The van der Waals surface area contributed by atoms with Gasteiger partial charge < -0.3 is 4.74 Å². The van der Waals surface area contributed by atoms with Crippen LogP contribution < -0.4 is 5.69 Å². The van der Waals surface area contributed by atoms with Gasteiger partial charge in [-0.3, -0.25) is 14.2 Å². The molecule has 11 heteroatoms. The summed E-state index contributed by atoms with van der Waals surface area (Å²) in [6, 6.07) is 11.7. The molecule has 186 valence electrons. The van der Waals surface area contributed by atoms with E-state index >= 15 is 0 Å². The van der Waals surface area contributed by atoms with E-state index in [-0.39, 0.29) is 49.6 Å². The molecule has 0 radical (unpaired) electrons. The first-order valence-electron chi connectivity index (χ1n) is 10.9. The normalized spacial score (nSPS) is 11.5. The van der Waals surface area contributed by atoms with Crippen LogP contribution in [-0.4, -0.2) is 32.7 Å². The number of benzene rings is 2. The van der Waals surface area contributed by atoms with E-state index in [4.69, 9.17) is 16.3 Å². The smallest absolute Gasteiger partial charge is 0.416 e. The highest BCUT2D eigenvalue weighted by molar-refractivity contribution is 6.30. The van der Waals surface area contributed by atoms with Crippen molar-refractivity contribution in [2.45, 2.75) is 45.5 Å². The average molecular weight is 510 g/mol. The first kappa shape index (κ1) is 26.2. The third-order valence-electron chi connectivity index (χ3n) is 5.17. The van der Waals surface area contributed by atoms with Crippen LogP contribution in [0.3, 0.4) is 0 Å². The Labute approximate surface area is 204 Å². The second kappa shape index (κ2) is 11.4. The van der Waals surface area contributed by atoms with E-state index in [0.717, 1.165) is 15.3 Å². The number of hydrogen-bond donors (Lipinski definition) is 0. The zero-order valence-corrected chi connectivity index (χ0v) is 19.6. The molecule has 0 spiro atoms. The van der Waals surface area contributed by atoms with Crippen LogP contribution >= 0.6 is 11.6 Å². The SMILES string of the molecule is CCOC(=O)Cn1c(-c2ccc(Cl)cc2)nn(CC(=O)CCCc2ccccc2C(F)(F)F)c1=O. The number of Topliss-reactive ketones (excluding diaryl/α,β-unsaturated/α-hetero) is 1. The van der Waals surface area contributed by atoms with Gasteiger partial charge in [0.25, 0.3) is 0 Å². The fourth-order valence-corrected chi connectivity index (χ4v) is 3.70. The minimum atomic E-state index is -4.47. The summed E-state index contributed by atoms with van der Waals surface area (Å²) in [4.78, 5) is 37.5. The van der Waals surface area contributed by atoms with Crippen LogP contribution in [0.4, 0.5) is 13.2 Å². The predicted octanol–water partition coefficient (Wildman–Crippen LogP) is 4.54. The second-order valence-electron chi connectivity index (χ2n) is 7.71. The number of rotatable bonds is 10. The molecule has 0 unspecified atom stereocenters. The minimum absolute atomic E-state index is 0.0420. The molecule has 0 N–H and O–H groups in total. The van der Waals surface area contributed by atoms with Gasteiger partial charge in [-0.25, -0.2) is 9.48 Å². The van der Waals surface area contributed by atoms with Crippen LogP contribution in [0.5, 0.6) is 0 Å². The summed E-state index contributed by atoms with van der Waals surface area (Å²) >= 11 is 5.92. The molecule has 1 aromatic heterocycles. The number of aryl methyl sites for hydroxylation is 1. The summed E-state index contributed by atoms with van der Waals surface area (Å²) in [7, 11) is 0. The number of carbonyl (C=O) groups is 2. The molecular weight excluding hydrogens is 487 g/mol. The van der Waals surface area contributed by atoms with Gasteiger partial charge in [0.1, 0.15) is 13.1 Å². The van der Waals surface area contributed by atoms with E-state index in [1.54, 1.807) is 31.2 Å². The van der Waals surface area contributed by atoms with Gasteiger partial charge in [-0.1, -0.05) is 29.8 Å². The van der Waals surface area contributed by atoms with Gasteiger partial charge in [0.2, 0.25) is 0 Å². The Morgan fingerprint density at radius 1 is 1.06 bits per heavy atom.